The number of hydrogen-bond acceptors (Lipinski definition) is 3. The van der Waals surface area contributed by atoms with E-state index in [1.807, 2.05) is 0 Å². The van der Waals surface area contributed by atoms with Crippen molar-refractivity contribution in [1.29, 1.82) is 0 Å². The molecule has 0 amide bonds. The summed E-state index contributed by atoms with van der Waals surface area (Å²) in [6.45, 7) is 4.55. The van der Waals surface area contributed by atoms with Gasteiger partial charge in [-0.15, -0.1) is 10.2 Å². The Morgan fingerprint density at radius 1 is 1.35 bits per heavy atom. The second-order valence-electron chi connectivity index (χ2n) is 5.39. The molecule has 3 rings (SSSR count). The van der Waals surface area contributed by atoms with E-state index in [4.69, 9.17) is 0 Å². The van der Waals surface area contributed by atoms with Crippen molar-refractivity contribution in [2.45, 2.75) is 58.0 Å². The molecule has 4 nitrogen and oxygen atoms in total. The predicted molar refractivity (Wildman–Crippen MR) is 66.7 cm³/mol. The van der Waals surface area contributed by atoms with Gasteiger partial charge in [0.15, 0.2) is 0 Å². The van der Waals surface area contributed by atoms with Crippen molar-refractivity contribution in [2.75, 3.05) is 6.54 Å². The molecule has 1 fully saturated rings. The lowest BCUT2D eigenvalue weighted by atomic mass is 9.90. The minimum absolute atomic E-state index is 0.438. The van der Waals surface area contributed by atoms with Crippen LogP contribution in [0.5, 0.6) is 0 Å². The SMILES string of the molecule is CCC1CCNC(c2nnc3n2CCCC3)C1. The van der Waals surface area contributed by atoms with Gasteiger partial charge in [0.25, 0.3) is 0 Å². The lowest BCUT2D eigenvalue weighted by molar-refractivity contribution is 0.283. The van der Waals surface area contributed by atoms with Crippen LogP contribution in [0, 0.1) is 5.92 Å². The van der Waals surface area contributed by atoms with Crippen molar-refractivity contribution in [3.05, 3.63) is 11.6 Å². The molecule has 0 aromatic carbocycles. The highest BCUT2D eigenvalue weighted by molar-refractivity contribution is 5.05. The monoisotopic (exact) mass is 234 g/mol. The van der Waals surface area contributed by atoms with Gasteiger partial charge in [0.05, 0.1) is 6.04 Å². The van der Waals surface area contributed by atoms with Crippen molar-refractivity contribution < 1.29 is 0 Å². The molecule has 1 N–H and O–H groups in total. The van der Waals surface area contributed by atoms with E-state index in [0.717, 1.165) is 25.4 Å². The molecule has 3 heterocycles. The lowest BCUT2D eigenvalue weighted by Gasteiger charge is -2.30. The normalized spacial score (nSPS) is 29.0. The second kappa shape index (κ2) is 4.77. The quantitative estimate of drug-likeness (QED) is 0.852. The molecule has 0 bridgehead atoms. The van der Waals surface area contributed by atoms with Crippen molar-refractivity contribution in [1.82, 2.24) is 20.1 Å². The minimum Gasteiger partial charge on any atom is -0.314 e. The van der Waals surface area contributed by atoms with E-state index >= 15 is 0 Å². The maximum absolute atomic E-state index is 4.44. The van der Waals surface area contributed by atoms with Crippen LogP contribution in [0.3, 0.4) is 0 Å². The smallest absolute Gasteiger partial charge is 0.150 e. The van der Waals surface area contributed by atoms with Crippen LogP contribution in [0.1, 0.15) is 56.7 Å². The fraction of sp³-hybridized carbons (Fsp3) is 0.846. The molecule has 1 saturated heterocycles. The fourth-order valence-corrected chi connectivity index (χ4v) is 3.15. The summed E-state index contributed by atoms with van der Waals surface area (Å²) in [7, 11) is 0. The van der Waals surface area contributed by atoms with Gasteiger partial charge >= 0.3 is 0 Å². The molecule has 2 aliphatic heterocycles. The van der Waals surface area contributed by atoms with Crippen LogP contribution in [-0.2, 0) is 13.0 Å². The summed E-state index contributed by atoms with van der Waals surface area (Å²) >= 11 is 0. The van der Waals surface area contributed by atoms with Gasteiger partial charge in [-0.1, -0.05) is 13.3 Å². The van der Waals surface area contributed by atoms with Gasteiger partial charge in [-0.3, -0.25) is 0 Å². The Labute approximate surface area is 103 Å². The fourth-order valence-electron chi connectivity index (χ4n) is 3.15. The number of nitrogens with one attached hydrogen (secondary N) is 1. The largest absolute Gasteiger partial charge is 0.314 e. The van der Waals surface area contributed by atoms with Crippen LogP contribution in [0.15, 0.2) is 0 Å². The van der Waals surface area contributed by atoms with Crippen LogP contribution in [0.4, 0.5) is 0 Å². The van der Waals surface area contributed by atoms with Crippen molar-refractivity contribution in [2.24, 2.45) is 5.92 Å². The lowest BCUT2D eigenvalue weighted by Crippen LogP contribution is -2.33. The topological polar surface area (TPSA) is 42.7 Å². The van der Waals surface area contributed by atoms with Gasteiger partial charge in [0, 0.05) is 13.0 Å². The second-order valence-corrected chi connectivity index (χ2v) is 5.39. The molecule has 0 aliphatic carbocycles. The highest BCUT2D eigenvalue weighted by Gasteiger charge is 2.27. The molecule has 1 aromatic heterocycles. The van der Waals surface area contributed by atoms with Gasteiger partial charge < -0.3 is 9.88 Å². The summed E-state index contributed by atoms with van der Waals surface area (Å²) < 4.78 is 2.36. The van der Waals surface area contributed by atoms with Crippen LogP contribution >= 0.6 is 0 Å². The first-order valence-corrected chi connectivity index (χ1v) is 7.04. The molecule has 0 spiro atoms. The van der Waals surface area contributed by atoms with Gasteiger partial charge in [-0.05, 0) is 38.1 Å². The first kappa shape index (κ1) is 11.2. The molecule has 1 aromatic rings. The molecule has 0 radical (unpaired) electrons. The average Bonchev–Trinajstić information content (AvgIpc) is 2.82. The van der Waals surface area contributed by atoms with Gasteiger partial charge in [0.2, 0.25) is 0 Å². The molecule has 0 saturated carbocycles. The number of nitrogens with zero attached hydrogens (tertiary/aromatic N) is 3. The Bertz CT molecular complexity index is 385. The third-order valence-corrected chi connectivity index (χ3v) is 4.29. The summed E-state index contributed by atoms with van der Waals surface area (Å²) in [5.41, 5.74) is 0. The molecule has 94 valence electrons. The van der Waals surface area contributed by atoms with E-state index in [-0.39, 0.29) is 0 Å². The molecule has 2 unspecified atom stereocenters. The molecule has 2 atom stereocenters. The molecule has 17 heavy (non-hydrogen) atoms. The Hall–Kier alpha value is -0.900. The van der Waals surface area contributed by atoms with E-state index in [1.54, 1.807) is 0 Å². The first-order valence-electron chi connectivity index (χ1n) is 7.04. The van der Waals surface area contributed by atoms with Crippen LogP contribution in [0.25, 0.3) is 0 Å². The van der Waals surface area contributed by atoms with Gasteiger partial charge in [0.1, 0.15) is 11.6 Å². The average molecular weight is 234 g/mol. The highest BCUT2D eigenvalue weighted by atomic mass is 15.3. The van der Waals surface area contributed by atoms with Crippen molar-refractivity contribution in [3.63, 3.8) is 0 Å². The molecular formula is C13H22N4. The summed E-state index contributed by atoms with van der Waals surface area (Å²) in [5.74, 6) is 3.25. The summed E-state index contributed by atoms with van der Waals surface area (Å²) in [6, 6.07) is 0.438. The number of aromatic nitrogens is 3. The molecular weight excluding hydrogens is 212 g/mol. The number of piperidine rings is 1. The van der Waals surface area contributed by atoms with Crippen LogP contribution in [0.2, 0.25) is 0 Å². The maximum atomic E-state index is 4.44. The maximum Gasteiger partial charge on any atom is 0.150 e. The molecule has 4 heteroatoms. The van der Waals surface area contributed by atoms with Crippen molar-refractivity contribution in [3.8, 4) is 0 Å². The number of fused-ring (bicyclic) bond motifs is 1. The predicted octanol–water partition coefficient (Wildman–Crippen LogP) is 2.07. The van der Waals surface area contributed by atoms with Gasteiger partial charge in [-0.2, -0.15) is 0 Å². The Morgan fingerprint density at radius 2 is 2.29 bits per heavy atom. The zero-order valence-electron chi connectivity index (χ0n) is 10.7. The third-order valence-electron chi connectivity index (χ3n) is 4.29. The summed E-state index contributed by atoms with van der Waals surface area (Å²) in [4.78, 5) is 0. The Kier molecular flexibility index (Phi) is 3.14. The summed E-state index contributed by atoms with van der Waals surface area (Å²) in [6.07, 6.45) is 7.49. The van der Waals surface area contributed by atoms with Crippen molar-refractivity contribution >= 4 is 0 Å². The number of aryl methyl sites for hydroxylation is 1. The Morgan fingerprint density at radius 3 is 3.18 bits per heavy atom. The van der Waals surface area contributed by atoms with E-state index in [0.29, 0.717) is 6.04 Å². The number of rotatable bonds is 2. The third kappa shape index (κ3) is 2.10. The van der Waals surface area contributed by atoms with E-state index in [1.165, 1.54) is 43.8 Å². The zero-order chi connectivity index (χ0) is 11.7. The Balaban J connectivity index is 1.81. The standard InChI is InChI=1S/C13H22N4/c1-2-10-6-7-14-11(9-10)13-16-15-12-5-3-4-8-17(12)13/h10-11,14H,2-9H2,1H3. The minimum atomic E-state index is 0.438. The van der Waals surface area contributed by atoms with Crippen LogP contribution < -0.4 is 5.32 Å². The zero-order valence-corrected chi connectivity index (χ0v) is 10.7. The van der Waals surface area contributed by atoms with E-state index in [2.05, 4.69) is 27.0 Å². The number of hydrogen-bond donors (Lipinski definition) is 1. The highest BCUT2D eigenvalue weighted by Crippen LogP contribution is 2.29. The van der Waals surface area contributed by atoms with Gasteiger partial charge in [-0.25, -0.2) is 0 Å². The van der Waals surface area contributed by atoms with E-state index in [9.17, 15) is 0 Å². The molecule has 2 aliphatic rings. The van der Waals surface area contributed by atoms with Crippen LogP contribution in [-0.4, -0.2) is 21.3 Å². The summed E-state index contributed by atoms with van der Waals surface area (Å²) in [5, 5.41) is 12.4. The first-order chi connectivity index (χ1) is 8.38. The van der Waals surface area contributed by atoms with E-state index < -0.39 is 0 Å².